The maximum atomic E-state index is 12.2. The van der Waals surface area contributed by atoms with Crippen LogP contribution in [-0.4, -0.2) is 29.4 Å². The maximum Gasteiger partial charge on any atom is 0.233 e. The Morgan fingerprint density at radius 2 is 1.84 bits per heavy atom. The summed E-state index contributed by atoms with van der Waals surface area (Å²) in [6, 6.07) is 0. The van der Waals surface area contributed by atoms with E-state index in [1.165, 1.54) is 0 Å². The van der Waals surface area contributed by atoms with Crippen LogP contribution in [0.3, 0.4) is 0 Å². The Kier molecular flexibility index (Phi) is 5.59. The number of nitrogens with two attached hydrogens (primary N) is 2. The third kappa shape index (κ3) is 3.84. The van der Waals surface area contributed by atoms with Crippen LogP contribution in [0.15, 0.2) is 5.16 Å². The number of amides is 2. The molecule has 7 nitrogen and oxygen atoms in total. The fraction of sp³-hybridized carbons (Fsp3) is 0.750. The van der Waals surface area contributed by atoms with Gasteiger partial charge in [0.2, 0.25) is 11.8 Å². The Balaban J connectivity index is 2.44. The third-order valence-corrected chi connectivity index (χ3v) is 3.63. The zero-order valence-corrected chi connectivity index (χ0v) is 11.0. The van der Waals surface area contributed by atoms with Crippen molar-refractivity contribution >= 4 is 17.6 Å². The first kappa shape index (κ1) is 15.3. The molecule has 0 aromatic heterocycles. The van der Waals surface area contributed by atoms with Crippen LogP contribution >= 0.6 is 0 Å². The van der Waals surface area contributed by atoms with Crippen LogP contribution in [0.1, 0.15) is 44.9 Å². The summed E-state index contributed by atoms with van der Waals surface area (Å²) in [5.74, 6) is -0.547. The number of primary amides is 1. The highest BCUT2D eigenvalue weighted by molar-refractivity contribution is 6.07. The average Bonchev–Trinajstić information content (AvgIpc) is 2.87. The molecule has 0 bridgehead atoms. The van der Waals surface area contributed by atoms with E-state index in [-0.39, 0.29) is 17.6 Å². The van der Waals surface area contributed by atoms with E-state index in [4.69, 9.17) is 16.7 Å². The lowest BCUT2D eigenvalue weighted by Crippen LogP contribution is -2.48. The smallest absolute Gasteiger partial charge is 0.233 e. The Hall–Kier alpha value is -1.79. The van der Waals surface area contributed by atoms with Gasteiger partial charge in [-0.15, -0.1) is 0 Å². The van der Waals surface area contributed by atoms with Crippen LogP contribution in [0.2, 0.25) is 0 Å². The average molecular weight is 270 g/mol. The predicted octanol–water partition coefficient (Wildman–Crippen LogP) is 0.0650. The van der Waals surface area contributed by atoms with E-state index >= 15 is 0 Å². The second kappa shape index (κ2) is 6.96. The van der Waals surface area contributed by atoms with E-state index in [2.05, 4.69) is 10.5 Å². The Bertz CT molecular complexity index is 362. The van der Waals surface area contributed by atoms with Crippen LogP contribution in [0.5, 0.6) is 0 Å². The quantitative estimate of drug-likeness (QED) is 0.171. The molecule has 0 unspecified atom stereocenters. The number of nitrogens with zero attached hydrogens (tertiary/aromatic N) is 1. The lowest BCUT2D eigenvalue weighted by molar-refractivity contribution is -0.127. The first-order valence-corrected chi connectivity index (χ1v) is 6.57. The van der Waals surface area contributed by atoms with Gasteiger partial charge in [0.15, 0.2) is 5.84 Å². The minimum absolute atomic E-state index is 0.0142. The lowest BCUT2D eigenvalue weighted by atomic mass is 9.84. The molecular weight excluding hydrogens is 248 g/mol. The standard InChI is InChI=1S/C12H22N4O3/c13-9(17)5-1-4-8-15-11(18)12(10(14)16-19)6-2-3-7-12/h19H,1-8H2,(H2,13,17)(H2,14,16)(H,15,18). The van der Waals surface area contributed by atoms with E-state index < -0.39 is 5.41 Å². The topological polar surface area (TPSA) is 131 Å². The molecule has 0 aliphatic heterocycles. The molecule has 108 valence electrons. The highest BCUT2D eigenvalue weighted by atomic mass is 16.4. The molecule has 1 aliphatic rings. The number of oxime groups is 1. The van der Waals surface area contributed by atoms with Crippen LogP contribution in [0, 0.1) is 5.41 Å². The van der Waals surface area contributed by atoms with Crippen molar-refractivity contribution in [2.45, 2.75) is 44.9 Å². The van der Waals surface area contributed by atoms with E-state index in [9.17, 15) is 9.59 Å². The molecule has 19 heavy (non-hydrogen) atoms. The summed E-state index contributed by atoms with van der Waals surface area (Å²) >= 11 is 0. The van der Waals surface area contributed by atoms with Crippen LogP contribution in [0.4, 0.5) is 0 Å². The van der Waals surface area contributed by atoms with E-state index in [0.29, 0.717) is 38.6 Å². The van der Waals surface area contributed by atoms with Crippen molar-refractivity contribution in [2.75, 3.05) is 6.54 Å². The van der Waals surface area contributed by atoms with Gasteiger partial charge in [-0.05, 0) is 25.7 Å². The Morgan fingerprint density at radius 3 is 2.37 bits per heavy atom. The number of hydrogen-bond acceptors (Lipinski definition) is 4. The number of unbranched alkanes of at least 4 members (excludes halogenated alkanes) is 1. The highest BCUT2D eigenvalue weighted by Crippen LogP contribution is 2.38. The number of carbonyl (C=O) groups is 2. The molecule has 1 fully saturated rings. The summed E-state index contributed by atoms with van der Waals surface area (Å²) in [6.07, 6.45) is 4.65. The second-order valence-corrected chi connectivity index (χ2v) is 4.95. The molecular formula is C12H22N4O3. The number of hydrogen-bond donors (Lipinski definition) is 4. The summed E-state index contributed by atoms with van der Waals surface area (Å²) in [6.45, 7) is 0.465. The first-order chi connectivity index (χ1) is 9.03. The minimum atomic E-state index is -0.863. The Morgan fingerprint density at radius 1 is 1.21 bits per heavy atom. The van der Waals surface area contributed by atoms with Crippen LogP contribution in [0.25, 0.3) is 0 Å². The molecule has 2 amide bonds. The fourth-order valence-electron chi connectivity index (χ4n) is 2.47. The van der Waals surface area contributed by atoms with Gasteiger partial charge in [-0.3, -0.25) is 9.59 Å². The van der Waals surface area contributed by atoms with Gasteiger partial charge in [0, 0.05) is 13.0 Å². The molecule has 0 atom stereocenters. The van der Waals surface area contributed by atoms with E-state index in [1.54, 1.807) is 0 Å². The predicted molar refractivity (Wildman–Crippen MR) is 70.4 cm³/mol. The molecule has 1 saturated carbocycles. The molecule has 1 aliphatic carbocycles. The van der Waals surface area contributed by atoms with Crippen molar-refractivity contribution in [1.29, 1.82) is 0 Å². The van der Waals surface area contributed by atoms with E-state index in [0.717, 1.165) is 12.8 Å². The van der Waals surface area contributed by atoms with E-state index in [1.807, 2.05) is 0 Å². The molecule has 0 aromatic rings. The lowest BCUT2D eigenvalue weighted by Gasteiger charge is -2.25. The molecule has 0 saturated heterocycles. The largest absolute Gasteiger partial charge is 0.409 e. The number of nitrogens with one attached hydrogen (secondary N) is 1. The van der Waals surface area contributed by atoms with Crippen molar-refractivity contribution in [3.05, 3.63) is 0 Å². The summed E-state index contributed by atoms with van der Waals surface area (Å²) in [5, 5.41) is 14.6. The first-order valence-electron chi connectivity index (χ1n) is 6.57. The molecule has 0 aromatic carbocycles. The van der Waals surface area contributed by atoms with Gasteiger partial charge in [0.25, 0.3) is 0 Å². The second-order valence-electron chi connectivity index (χ2n) is 4.95. The molecule has 6 N–H and O–H groups in total. The zero-order valence-electron chi connectivity index (χ0n) is 11.0. The van der Waals surface area contributed by atoms with Crippen molar-refractivity contribution in [3.63, 3.8) is 0 Å². The number of amidine groups is 1. The third-order valence-electron chi connectivity index (χ3n) is 3.63. The molecule has 0 heterocycles. The van der Waals surface area contributed by atoms with Gasteiger partial charge in [0.1, 0.15) is 5.41 Å². The summed E-state index contributed by atoms with van der Waals surface area (Å²) in [7, 11) is 0. The van der Waals surface area contributed by atoms with Crippen LogP contribution < -0.4 is 16.8 Å². The molecule has 0 radical (unpaired) electrons. The van der Waals surface area contributed by atoms with Crippen molar-refractivity contribution in [3.8, 4) is 0 Å². The molecule has 0 spiro atoms. The van der Waals surface area contributed by atoms with Gasteiger partial charge in [0.05, 0.1) is 0 Å². The highest BCUT2D eigenvalue weighted by Gasteiger charge is 2.45. The fourth-order valence-corrected chi connectivity index (χ4v) is 2.47. The minimum Gasteiger partial charge on any atom is -0.409 e. The molecule has 1 rings (SSSR count). The van der Waals surface area contributed by atoms with Crippen LogP contribution in [-0.2, 0) is 9.59 Å². The van der Waals surface area contributed by atoms with Gasteiger partial charge in [-0.1, -0.05) is 18.0 Å². The number of carbonyl (C=O) groups excluding carboxylic acids is 2. The summed E-state index contributed by atoms with van der Waals surface area (Å²) in [5.41, 5.74) is 9.83. The summed E-state index contributed by atoms with van der Waals surface area (Å²) < 4.78 is 0. The van der Waals surface area contributed by atoms with Gasteiger partial charge in [-0.25, -0.2) is 0 Å². The van der Waals surface area contributed by atoms with Gasteiger partial charge >= 0.3 is 0 Å². The van der Waals surface area contributed by atoms with Crippen molar-refractivity contribution in [2.24, 2.45) is 22.0 Å². The zero-order chi connectivity index (χ0) is 14.3. The maximum absolute atomic E-state index is 12.2. The Labute approximate surface area is 112 Å². The normalized spacial score (nSPS) is 18.2. The number of rotatable bonds is 7. The molecule has 7 heteroatoms. The van der Waals surface area contributed by atoms with Crippen molar-refractivity contribution in [1.82, 2.24) is 5.32 Å². The van der Waals surface area contributed by atoms with Crippen molar-refractivity contribution < 1.29 is 14.8 Å². The summed E-state index contributed by atoms with van der Waals surface area (Å²) in [4.78, 5) is 22.7. The van der Waals surface area contributed by atoms with Gasteiger partial charge < -0.3 is 22.0 Å². The van der Waals surface area contributed by atoms with Gasteiger partial charge in [-0.2, -0.15) is 0 Å². The SMILES string of the molecule is NC(=O)CCCCNC(=O)C1(C(N)=NO)CCCC1. The monoisotopic (exact) mass is 270 g/mol.